The topological polar surface area (TPSA) is 82.8 Å². The van der Waals surface area contributed by atoms with E-state index in [1.165, 1.54) is 12.0 Å². The second-order valence-electron chi connectivity index (χ2n) is 11.1. The molecule has 7 rings (SSSR count). The molecule has 40 heavy (non-hydrogen) atoms. The van der Waals surface area contributed by atoms with Crippen LogP contribution in [-0.2, 0) is 26.1 Å². The van der Waals surface area contributed by atoms with Crippen LogP contribution < -0.4 is 14.5 Å². The van der Waals surface area contributed by atoms with Crippen molar-refractivity contribution in [1.29, 1.82) is 0 Å². The maximum atomic E-state index is 10.5. The van der Waals surface area contributed by atoms with Crippen LogP contribution in [0.3, 0.4) is 0 Å². The Bertz CT molecular complexity index is 1580. The number of imidazole rings is 1. The van der Waals surface area contributed by atoms with E-state index >= 15 is 0 Å². The second kappa shape index (κ2) is 10.1. The number of benzene rings is 2. The monoisotopic (exact) mass is 537 g/mol. The molecule has 1 fully saturated rings. The molecule has 5 heterocycles. The number of phenols is 1. The van der Waals surface area contributed by atoms with Gasteiger partial charge in [0, 0.05) is 48.4 Å². The number of phenolic OH excluding ortho intramolecular Hbond substituents is 1. The van der Waals surface area contributed by atoms with Gasteiger partial charge in [-0.05, 0) is 50.4 Å². The van der Waals surface area contributed by atoms with Crippen LogP contribution in [0, 0.1) is 0 Å². The Morgan fingerprint density at radius 1 is 1.07 bits per heavy atom. The minimum Gasteiger partial charge on any atom is -0.508 e. The summed E-state index contributed by atoms with van der Waals surface area (Å²) in [7, 11) is 2.16. The van der Waals surface area contributed by atoms with Crippen LogP contribution in [0.4, 0.5) is 11.5 Å². The number of likely N-dealkylation sites (N-methyl/N-ethyl adjacent to an activating group) is 1. The van der Waals surface area contributed by atoms with Crippen LogP contribution in [0.1, 0.15) is 35.6 Å². The van der Waals surface area contributed by atoms with Gasteiger partial charge in [0.25, 0.3) is 0 Å². The Balaban J connectivity index is 1.24. The fourth-order valence-electron chi connectivity index (χ4n) is 6.47. The Morgan fingerprint density at radius 3 is 2.83 bits per heavy atom. The van der Waals surface area contributed by atoms with Gasteiger partial charge in [0.15, 0.2) is 0 Å². The Labute approximate surface area is 234 Å². The molecule has 2 aromatic carbocycles. The van der Waals surface area contributed by atoms with Crippen LogP contribution in [0.2, 0.25) is 0 Å². The van der Waals surface area contributed by atoms with Crippen molar-refractivity contribution in [1.82, 2.24) is 24.4 Å². The van der Waals surface area contributed by atoms with Crippen LogP contribution in [0.15, 0.2) is 49.2 Å². The molecule has 1 saturated heterocycles. The first-order valence-electron chi connectivity index (χ1n) is 14.2. The molecule has 206 valence electrons. The van der Waals surface area contributed by atoms with Crippen molar-refractivity contribution in [2.24, 2.45) is 0 Å². The van der Waals surface area contributed by atoms with E-state index in [1.54, 1.807) is 0 Å². The highest BCUT2D eigenvalue weighted by Gasteiger charge is 2.30. The normalized spacial score (nSPS) is 19.1. The molecular formula is C31H35N7O2. The number of rotatable bonds is 6. The molecule has 9 nitrogen and oxygen atoms in total. The first-order valence-corrected chi connectivity index (χ1v) is 14.2. The Hall–Kier alpha value is -4.11. The third kappa shape index (κ3) is 4.44. The minimum absolute atomic E-state index is 0.274. The highest BCUT2D eigenvalue weighted by molar-refractivity contribution is 5.95. The quantitative estimate of drug-likeness (QED) is 0.391. The lowest BCUT2D eigenvalue weighted by atomic mass is 10.0. The summed E-state index contributed by atoms with van der Waals surface area (Å²) >= 11 is 0. The van der Waals surface area contributed by atoms with E-state index in [0.717, 1.165) is 85.1 Å². The predicted octanol–water partition coefficient (Wildman–Crippen LogP) is 4.23. The molecule has 4 aromatic rings. The molecule has 0 amide bonds. The molecule has 1 atom stereocenters. The summed E-state index contributed by atoms with van der Waals surface area (Å²) in [6.07, 6.45) is 6.90. The van der Waals surface area contributed by atoms with Crippen molar-refractivity contribution in [3.8, 4) is 11.8 Å². The molecule has 0 spiro atoms. The number of aromatic hydroxyl groups is 1. The summed E-state index contributed by atoms with van der Waals surface area (Å²) in [6, 6.07) is 12.7. The SMILES string of the molecule is C=Cc1ncc2n1CCN(c1nc(OC[C@H]3CCCN3C)nc3c1CCN(c1cc(O)cc4ccccc14)C3)C2. The number of fused-ring (bicyclic) bond motifs is 3. The third-order valence-electron chi connectivity index (χ3n) is 8.66. The average molecular weight is 538 g/mol. The van der Waals surface area contributed by atoms with E-state index < -0.39 is 0 Å². The van der Waals surface area contributed by atoms with Crippen molar-refractivity contribution in [3.63, 3.8) is 0 Å². The van der Waals surface area contributed by atoms with Gasteiger partial charge in [-0.1, -0.05) is 30.8 Å². The molecule has 0 saturated carbocycles. The summed E-state index contributed by atoms with van der Waals surface area (Å²) in [5.41, 5.74) is 4.36. The second-order valence-corrected chi connectivity index (χ2v) is 11.1. The van der Waals surface area contributed by atoms with Gasteiger partial charge < -0.3 is 29.1 Å². The molecule has 9 heteroatoms. The summed E-state index contributed by atoms with van der Waals surface area (Å²) in [5, 5.41) is 12.6. The number of likely N-dealkylation sites (tertiary alicyclic amines) is 1. The molecule has 3 aliphatic rings. The van der Waals surface area contributed by atoms with Gasteiger partial charge in [0.1, 0.15) is 24.0 Å². The van der Waals surface area contributed by atoms with Crippen molar-refractivity contribution < 1.29 is 9.84 Å². The maximum Gasteiger partial charge on any atom is 0.318 e. The van der Waals surface area contributed by atoms with Gasteiger partial charge in [-0.25, -0.2) is 4.98 Å². The van der Waals surface area contributed by atoms with E-state index in [1.807, 2.05) is 42.6 Å². The van der Waals surface area contributed by atoms with Crippen molar-refractivity contribution in [2.75, 3.05) is 43.1 Å². The first kappa shape index (κ1) is 24.9. The highest BCUT2D eigenvalue weighted by atomic mass is 16.5. The van der Waals surface area contributed by atoms with E-state index in [-0.39, 0.29) is 5.75 Å². The minimum atomic E-state index is 0.274. The summed E-state index contributed by atoms with van der Waals surface area (Å²) in [4.78, 5) is 21.6. The maximum absolute atomic E-state index is 10.5. The number of nitrogens with zero attached hydrogens (tertiary/aromatic N) is 7. The highest BCUT2D eigenvalue weighted by Crippen LogP contribution is 2.37. The lowest BCUT2D eigenvalue weighted by Gasteiger charge is -2.35. The Morgan fingerprint density at radius 2 is 1.98 bits per heavy atom. The molecule has 2 aromatic heterocycles. The fraction of sp³-hybridized carbons (Fsp3) is 0.387. The van der Waals surface area contributed by atoms with Gasteiger partial charge in [0.2, 0.25) is 0 Å². The number of hydrogen-bond acceptors (Lipinski definition) is 8. The lowest BCUT2D eigenvalue weighted by Crippen LogP contribution is -2.38. The summed E-state index contributed by atoms with van der Waals surface area (Å²) < 4.78 is 8.53. The zero-order chi connectivity index (χ0) is 27.2. The predicted molar refractivity (Wildman–Crippen MR) is 157 cm³/mol. The van der Waals surface area contributed by atoms with Crippen molar-refractivity contribution in [2.45, 2.75) is 44.9 Å². The molecule has 0 bridgehead atoms. The van der Waals surface area contributed by atoms with Gasteiger partial charge in [0.05, 0.1) is 30.7 Å². The zero-order valence-electron chi connectivity index (χ0n) is 23.0. The largest absolute Gasteiger partial charge is 0.508 e. The zero-order valence-corrected chi connectivity index (χ0v) is 23.0. The van der Waals surface area contributed by atoms with E-state index in [2.05, 4.69) is 43.9 Å². The lowest BCUT2D eigenvalue weighted by molar-refractivity contribution is 0.187. The van der Waals surface area contributed by atoms with Gasteiger partial charge in [-0.3, -0.25) is 0 Å². The summed E-state index contributed by atoms with van der Waals surface area (Å²) in [5.74, 6) is 2.15. The fourth-order valence-corrected chi connectivity index (χ4v) is 6.47. The smallest absolute Gasteiger partial charge is 0.318 e. The van der Waals surface area contributed by atoms with E-state index in [0.29, 0.717) is 25.2 Å². The number of aromatic nitrogens is 4. The molecule has 1 N–H and O–H groups in total. The van der Waals surface area contributed by atoms with Gasteiger partial charge in [-0.2, -0.15) is 9.97 Å². The van der Waals surface area contributed by atoms with E-state index in [4.69, 9.17) is 14.7 Å². The molecule has 0 radical (unpaired) electrons. The molecule has 0 aliphatic carbocycles. The Kier molecular flexibility index (Phi) is 6.31. The van der Waals surface area contributed by atoms with Crippen LogP contribution >= 0.6 is 0 Å². The number of ether oxygens (including phenoxy) is 1. The van der Waals surface area contributed by atoms with Crippen LogP contribution in [0.5, 0.6) is 11.8 Å². The van der Waals surface area contributed by atoms with Gasteiger partial charge in [-0.15, -0.1) is 0 Å². The van der Waals surface area contributed by atoms with Crippen LogP contribution in [0.25, 0.3) is 16.8 Å². The van der Waals surface area contributed by atoms with Gasteiger partial charge >= 0.3 is 6.01 Å². The molecular weight excluding hydrogens is 502 g/mol. The average Bonchev–Trinajstić information content (AvgIpc) is 3.59. The summed E-state index contributed by atoms with van der Waals surface area (Å²) in [6.45, 7) is 9.45. The number of hydrogen-bond donors (Lipinski definition) is 1. The first-order chi connectivity index (χ1) is 19.6. The van der Waals surface area contributed by atoms with Crippen LogP contribution in [-0.4, -0.2) is 68.9 Å². The van der Waals surface area contributed by atoms with Crippen molar-refractivity contribution in [3.05, 3.63) is 71.9 Å². The van der Waals surface area contributed by atoms with Crippen molar-refractivity contribution >= 4 is 28.4 Å². The van der Waals surface area contributed by atoms with E-state index in [9.17, 15) is 5.11 Å². The molecule has 3 aliphatic heterocycles. The molecule has 0 unspecified atom stereocenters. The number of anilines is 2. The third-order valence-corrected chi connectivity index (χ3v) is 8.66. The standard InChI is InChI=1S/C31H35N7O2/c1-3-29-32-17-23-18-37(13-14-38(23)29)30-26-10-12-36(28-16-24(39)15-21-7-4-5-9-25(21)28)19-27(26)33-31(34-30)40-20-22-8-6-11-35(22)2/h3-5,7,9,15-17,22,39H,1,6,8,10-14,18-20H2,2H3/t22-/m1/s1.